The summed E-state index contributed by atoms with van der Waals surface area (Å²) >= 11 is 0. The molecule has 2 nitrogen and oxygen atoms in total. The van der Waals surface area contributed by atoms with E-state index in [1.165, 1.54) is 42.6 Å². The molecule has 1 N–H and O–H groups in total. The first-order chi connectivity index (χ1) is 8.66. The Kier molecular flexibility index (Phi) is 4.79. The van der Waals surface area contributed by atoms with Gasteiger partial charge in [0.05, 0.1) is 0 Å². The smallest absolute Gasteiger partial charge is 0.0208 e. The van der Waals surface area contributed by atoms with E-state index in [2.05, 4.69) is 49.2 Å². The molecule has 1 heterocycles. The van der Waals surface area contributed by atoms with Crippen molar-refractivity contribution >= 4 is 0 Å². The monoisotopic (exact) mass is 246 g/mol. The second kappa shape index (κ2) is 6.35. The van der Waals surface area contributed by atoms with E-state index in [9.17, 15) is 0 Å². The second-order valence-electron chi connectivity index (χ2n) is 5.65. The third-order valence-corrected chi connectivity index (χ3v) is 4.02. The van der Waals surface area contributed by atoms with Gasteiger partial charge in [-0.05, 0) is 57.8 Å². The molecule has 1 aromatic carbocycles. The topological polar surface area (TPSA) is 15.3 Å². The van der Waals surface area contributed by atoms with Crippen molar-refractivity contribution in [2.24, 2.45) is 0 Å². The van der Waals surface area contributed by atoms with Gasteiger partial charge in [0.15, 0.2) is 0 Å². The van der Waals surface area contributed by atoms with Crippen molar-refractivity contribution in [3.63, 3.8) is 0 Å². The maximum absolute atomic E-state index is 3.60. The Morgan fingerprint density at radius 1 is 1.22 bits per heavy atom. The number of hydrogen-bond acceptors (Lipinski definition) is 2. The largest absolute Gasteiger partial charge is 0.311 e. The summed E-state index contributed by atoms with van der Waals surface area (Å²) in [5.41, 5.74) is 4.18. The first-order valence-corrected chi connectivity index (χ1v) is 7.17. The quantitative estimate of drug-likeness (QED) is 0.859. The number of hydrogen-bond donors (Lipinski definition) is 1. The summed E-state index contributed by atoms with van der Waals surface area (Å²) in [6.07, 6.45) is 2.75. The third-order valence-electron chi connectivity index (χ3n) is 4.02. The van der Waals surface area contributed by atoms with Gasteiger partial charge in [-0.1, -0.05) is 23.8 Å². The zero-order chi connectivity index (χ0) is 13.0. The lowest BCUT2D eigenvalue weighted by atomic mass is 10.1. The maximum Gasteiger partial charge on any atom is 0.0208 e. The molecule has 0 spiro atoms. The van der Waals surface area contributed by atoms with Crippen molar-refractivity contribution in [1.29, 1.82) is 0 Å². The van der Waals surface area contributed by atoms with Crippen LogP contribution in [0.2, 0.25) is 0 Å². The summed E-state index contributed by atoms with van der Waals surface area (Å²) in [5.74, 6) is 0. The molecule has 1 aliphatic rings. The molecule has 0 radical (unpaired) electrons. The van der Waals surface area contributed by atoms with Crippen LogP contribution < -0.4 is 5.32 Å². The fourth-order valence-corrected chi connectivity index (χ4v) is 2.72. The lowest BCUT2D eigenvalue weighted by Crippen LogP contribution is -2.38. The molecule has 0 aliphatic carbocycles. The molecule has 1 aliphatic heterocycles. The average Bonchev–Trinajstić information content (AvgIpc) is 2.87. The van der Waals surface area contributed by atoms with Gasteiger partial charge in [-0.2, -0.15) is 0 Å². The molecule has 1 unspecified atom stereocenters. The van der Waals surface area contributed by atoms with E-state index in [0.29, 0.717) is 6.04 Å². The molecule has 2 rings (SSSR count). The van der Waals surface area contributed by atoms with Gasteiger partial charge in [0.1, 0.15) is 0 Å². The van der Waals surface area contributed by atoms with Gasteiger partial charge in [0.2, 0.25) is 0 Å². The molecule has 1 saturated heterocycles. The number of benzene rings is 1. The highest BCUT2D eigenvalue weighted by molar-refractivity contribution is 5.30. The van der Waals surface area contributed by atoms with Gasteiger partial charge in [0.25, 0.3) is 0 Å². The standard InChI is InChI=1S/C16H26N2/c1-13-6-7-14(2)16(10-13)12-17-11-15(3)18-8-4-5-9-18/h6-7,10,15,17H,4-5,8-9,11-12H2,1-3H3. The zero-order valence-corrected chi connectivity index (χ0v) is 12.0. The Bertz CT molecular complexity index is 381. The summed E-state index contributed by atoms with van der Waals surface area (Å²) in [6.45, 7) is 11.3. The number of rotatable bonds is 5. The first kappa shape index (κ1) is 13.6. The van der Waals surface area contributed by atoms with Crippen LogP contribution in [0.4, 0.5) is 0 Å². The van der Waals surface area contributed by atoms with E-state index >= 15 is 0 Å². The van der Waals surface area contributed by atoms with Crippen LogP contribution in [0.5, 0.6) is 0 Å². The van der Waals surface area contributed by atoms with Crippen molar-refractivity contribution in [3.05, 3.63) is 34.9 Å². The minimum Gasteiger partial charge on any atom is -0.311 e. The number of nitrogens with zero attached hydrogens (tertiary/aromatic N) is 1. The average molecular weight is 246 g/mol. The van der Waals surface area contributed by atoms with Gasteiger partial charge in [-0.15, -0.1) is 0 Å². The van der Waals surface area contributed by atoms with Crippen molar-refractivity contribution in [3.8, 4) is 0 Å². The maximum atomic E-state index is 3.60. The van der Waals surface area contributed by atoms with Crippen LogP contribution in [0.1, 0.15) is 36.5 Å². The highest BCUT2D eigenvalue weighted by Crippen LogP contribution is 2.12. The Labute approximate surface area is 111 Å². The van der Waals surface area contributed by atoms with Crippen LogP contribution in [0.15, 0.2) is 18.2 Å². The van der Waals surface area contributed by atoms with Crippen LogP contribution in [0.3, 0.4) is 0 Å². The molecular weight excluding hydrogens is 220 g/mol. The van der Waals surface area contributed by atoms with Crippen LogP contribution >= 0.6 is 0 Å². The SMILES string of the molecule is Cc1ccc(C)c(CNCC(C)N2CCCC2)c1. The first-order valence-electron chi connectivity index (χ1n) is 7.17. The van der Waals surface area contributed by atoms with Crippen molar-refractivity contribution in [2.45, 2.75) is 46.2 Å². The van der Waals surface area contributed by atoms with E-state index in [1.807, 2.05) is 0 Å². The molecule has 100 valence electrons. The summed E-state index contributed by atoms with van der Waals surface area (Å²) in [7, 11) is 0. The molecule has 1 fully saturated rings. The molecule has 1 aromatic rings. The highest BCUT2D eigenvalue weighted by Gasteiger charge is 2.17. The summed E-state index contributed by atoms with van der Waals surface area (Å²) < 4.78 is 0. The molecule has 18 heavy (non-hydrogen) atoms. The molecule has 2 heteroatoms. The van der Waals surface area contributed by atoms with Gasteiger partial charge < -0.3 is 5.32 Å². The summed E-state index contributed by atoms with van der Waals surface area (Å²) in [4.78, 5) is 2.59. The third kappa shape index (κ3) is 3.56. The number of nitrogens with one attached hydrogen (secondary N) is 1. The van der Waals surface area contributed by atoms with Crippen LogP contribution in [-0.4, -0.2) is 30.6 Å². The fourth-order valence-electron chi connectivity index (χ4n) is 2.72. The summed E-state index contributed by atoms with van der Waals surface area (Å²) in [5, 5.41) is 3.60. The predicted molar refractivity (Wildman–Crippen MR) is 77.9 cm³/mol. The zero-order valence-electron chi connectivity index (χ0n) is 12.0. The number of likely N-dealkylation sites (tertiary alicyclic amines) is 1. The van der Waals surface area contributed by atoms with E-state index in [4.69, 9.17) is 0 Å². The van der Waals surface area contributed by atoms with Crippen molar-refractivity contribution in [2.75, 3.05) is 19.6 Å². The molecule has 0 bridgehead atoms. The van der Waals surface area contributed by atoms with Crippen LogP contribution in [0.25, 0.3) is 0 Å². The Hall–Kier alpha value is -0.860. The second-order valence-corrected chi connectivity index (χ2v) is 5.65. The van der Waals surface area contributed by atoms with E-state index < -0.39 is 0 Å². The van der Waals surface area contributed by atoms with Crippen molar-refractivity contribution < 1.29 is 0 Å². The van der Waals surface area contributed by atoms with E-state index in [1.54, 1.807) is 0 Å². The Balaban J connectivity index is 1.79. The van der Waals surface area contributed by atoms with Gasteiger partial charge >= 0.3 is 0 Å². The minimum atomic E-state index is 0.664. The van der Waals surface area contributed by atoms with Crippen molar-refractivity contribution in [1.82, 2.24) is 10.2 Å². The fraction of sp³-hybridized carbons (Fsp3) is 0.625. The highest BCUT2D eigenvalue weighted by atomic mass is 15.2. The molecule has 0 amide bonds. The van der Waals surface area contributed by atoms with E-state index in [-0.39, 0.29) is 0 Å². The molecule has 0 aromatic heterocycles. The predicted octanol–water partition coefficient (Wildman–Crippen LogP) is 2.88. The van der Waals surface area contributed by atoms with E-state index in [0.717, 1.165) is 13.1 Å². The summed E-state index contributed by atoms with van der Waals surface area (Å²) in [6, 6.07) is 7.36. The van der Waals surface area contributed by atoms with Crippen LogP contribution in [-0.2, 0) is 6.54 Å². The Morgan fingerprint density at radius 2 is 1.94 bits per heavy atom. The lowest BCUT2D eigenvalue weighted by Gasteiger charge is -2.24. The molecule has 1 atom stereocenters. The van der Waals surface area contributed by atoms with Gasteiger partial charge in [-0.3, -0.25) is 4.90 Å². The minimum absolute atomic E-state index is 0.664. The van der Waals surface area contributed by atoms with Gasteiger partial charge in [-0.25, -0.2) is 0 Å². The Morgan fingerprint density at radius 3 is 2.67 bits per heavy atom. The number of aryl methyl sites for hydroxylation is 2. The normalized spacial score (nSPS) is 18.2. The molecular formula is C16H26N2. The van der Waals surface area contributed by atoms with Crippen LogP contribution in [0, 0.1) is 13.8 Å². The van der Waals surface area contributed by atoms with Gasteiger partial charge in [0, 0.05) is 19.1 Å². The lowest BCUT2D eigenvalue weighted by molar-refractivity contribution is 0.251. The molecule has 0 saturated carbocycles.